The number of nitrogens with one attached hydrogen (secondary N) is 2. The van der Waals surface area contributed by atoms with Crippen LogP contribution in [0.1, 0.15) is 12.0 Å². The van der Waals surface area contributed by atoms with Crippen molar-refractivity contribution < 1.29 is 13.2 Å². The lowest BCUT2D eigenvalue weighted by atomic mass is 10.1. The van der Waals surface area contributed by atoms with Crippen LogP contribution in [0.15, 0.2) is 24.5 Å². The second-order valence-electron chi connectivity index (χ2n) is 5.20. The molecule has 1 fully saturated rings. The maximum atomic E-state index is 12.5. The van der Waals surface area contributed by atoms with E-state index >= 15 is 0 Å². The highest BCUT2D eigenvalue weighted by Crippen LogP contribution is 2.26. The Labute approximate surface area is 119 Å². The van der Waals surface area contributed by atoms with E-state index in [2.05, 4.69) is 20.6 Å². The Balaban J connectivity index is 1.93. The fraction of sp³-hybridized carbons (Fsp3) is 0.429. The SMILES string of the molecule is FC(F)(F)Cc1ccc2ncnc(N[C@@H]3CCNC3)c2c1. The van der Waals surface area contributed by atoms with Crippen molar-refractivity contribution in [2.45, 2.75) is 25.1 Å². The van der Waals surface area contributed by atoms with E-state index < -0.39 is 12.6 Å². The van der Waals surface area contributed by atoms with E-state index in [0.29, 0.717) is 16.7 Å². The van der Waals surface area contributed by atoms with Gasteiger partial charge in [0.05, 0.1) is 11.9 Å². The number of anilines is 1. The fourth-order valence-electron chi connectivity index (χ4n) is 2.53. The van der Waals surface area contributed by atoms with Gasteiger partial charge in [0.1, 0.15) is 12.1 Å². The minimum Gasteiger partial charge on any atom is -0.365 e. The maximum Gasteiger partial charge on any atom is 0.393 e. The van der Waals surface area contributed by atoms with Crippen molar-refractivity contribution in [3.05, 3.63) is 30.1 Å². The number of benzene rings is 1. The highest BCUT2D eigenvalue weighted by atomic mass is 19.4. The van der Waals surface area contributed by atoms with Crippen LogP contribution in [0.5, 0.6) is 0 Å². The molecule has 0 spiro atoms. The lowest BCUT2D eigenvalue weighted by Crippen LogP contribution is -2.22. The first kappa shape index (κ1) is 14.1. The van der Waals surface area contributed by atoms with Crippen LogP contribution in [-0.2, 0) is 6.42 Å². The van der Waals surface area contributed by atoms with Gasteiger partial charge in [0.25, 0.3) is 0 Å². The molecule has 4 nitrogen and oxygen atoms in total. The lowest BCUT2D eigenvalue weighted by Gasteiger charge is -2.14. The highest BCUT2D eigenvalue weighted by Gasteiger charge is 2.27. The van der Waals surface area contributed by atoms with Crippen molar-refractivity contribution in [3.8, 4) is 0 Å². The summed E-state index contributed by atoms with van der Waals surface area (Å²) in [5, 5.41) is 7.14. The molecule has 21 heavy (non-hydrogen) atoms. The summed E-state index contributed by atoms with van der Waals surface area (Å²) in [4.78, 5) is 8.28. The zero-order chi connectivity index (χ0) is 14.9. The fourth-order valence-corrected chi connectivity index (χ4v) is 2.53. The van der Waals surface area contributed by atoms with Gasteiger partial charge in [0.15, 0.2) is 0 Å². The Kier molecular flexibility index (Phi) is 3.67. The van der Waals surface area contributed by atoms with Crippen LogP contribution in [0.25, 0.3) is 10.9 Å². The quantitative estimate of drug-likeness (QED) is 0.914. The minimum absolute atomic E-state index is 0.220. The predicted molar refractivity (Wildman–Crippen MR) is 74.2 cm³/mol. The van der Waals surface area contributed by atoms with Crippen LogP contribution in [0.3, 0.4) is 0 Å². The van der Waals surface area contributed by atoms with E-state index in [1.54, 1.807) is 6.07 Å². The molecule has 0 bridgehead atoms. The van der Waals surface area contributed by atoms with Crippen LogP contribution >= 0.6 is 0 Å². The lowest BCUT2D eigenvalue weighted by molar-refractivity contribution is -0.127. The Bertz CT molecular complexity index is 636. The van der Waals surface area contributed by atoms with Crippen molar-refractivity contribution in [3.63, 3.8) is 0 Å². The molecular weight excluding hydrogens is 281 g/mol. The molecule has 0 unspecified atom stereocenters. The van der Waals surface area contributed by atoms with Crippen LogP contribution in [0.4, 0.5) is 19.0 Å². The van der Waals surface area contributed by atoms with Crippen molar-refractivity contribution in [1.82, 2.24) is 15.3 Å². The number of rotatable bonds is 3. The van der Waals surface area contributed by atoms with E-state index in [-0.39, 0.29) is 11.6 Å². The van der Waals surface area contributed by atoms with Crippen molar-refractivity contribution >= 4 is 16.7 Å². The summed E-state index contributed by atoms with van der Waals surface area (Å²) in [5.74, 6) is 0.595. The molecule has 2 N–H and O–H groups in total. The van der Waals surface area contributed by atoms with Gasteiger partial charge in [-0.25, -0.2) is 9.97 Å². The molecule has 1 aliphatic rings. The normalized spacial score (nSPS) is 19.1. The van der Waals surface area contributed by atoms with Crippen LogP contribution in [0, 0.1) is 0 Å². The summed E-state index contributed by atoms with van der Waals surface area (Å²) in [7, 11) is 0. The highest BCUT2D eigenvalue weighted by molar-refractivity contribution is 5.89. The molecule has 1 aromatic carbocycles. The number of halogens is 3. The van der Waals surface area contributed by atoms with E-state index in [0.717, 1.165) is 19.5 Å². The van der Waals surface area contributed by atoms with E-state index in [1.165, 1.54) is 18.5 Å². The van der Waals surface area contributed by atoms with Gasteiger partial charge in [-0.2, -0.15) is 13.2 Å². The number of hydrogen-bond donors (Lipinski definition) is 2. The molecule has 7 heteroatoms. The first-order valence-corrected chi connectivity index (χ1v) is 6.79. The first-order chi connectivity index (χ1) is 10.0. The van der Waals surface area contributed by atoms with Gasteiger partial charge in [0.2, 0.25) is 0 Å². The van der Waals surface area contributed by atoms with Crippen LogP contribution in [0.2, 0.25) is 0 Å². The molecule has 112 valence electrons. The average Bonchev–Trinajstić information content (AvgIpc) is 2.90. The number of fused-ring (bicyclic) bond motifs is 1. The average molecular weight is 296 g/mol. The Morgan fingerprint density at radius 1 is 1.29 bits per heavy atom. The molecule has 0 radical (unpaired) electrons. The Hall–Kier alpha value is -1.89. The molecule has 1 atom stereocenters. The number of alkyl halides is 3. The van der Waals surface area contributed by atoms with E-state index in [4.69, 9.17) is 0 Å². The van der Waals surface area contributed by atoms with E-state index in [9.17, 15) is 13.2 Å². The smallest absolute Gasteiger partial charge is 0.365 e. The molecule has 1 saturated heterocycles. The van der Waals surface area contributed by atoms with E-state index in [1.807, 2.05) is 0 Å². The molecule has 3 rings (SSSR count). The van der Waals surface area contributed by atoms with Gasteiger partial charge in [0, 0.05) is 18.0 Å². The van der Waals surface area contributed by atoms with Gasteiger partial charge in [-0.1, -0.05) is 6.07 Å². The molecule has 0 amide bonds. The molecule has 0 saturated carbocycles. The summed E-state index contributed by atoms with van der Waals surface area (Å²) in [6.07, 6.45) is -2.77. The van der Waals surface area contributed by atoms with Gasteiger partial charge >= 0.3 is 6.18 Å². The molecule has 2 heterocycles. The molecule has 1 aromatic heterocycles. The number of aromatic nitrogens is 2. The third kappa shape index (κ3) is 3.41. The van der Waals surface area contributed by atoms with Gasteiger partial charge in [-0.15, -0.1) is 0 Å². The zero-order valence-electron chi connectivity index (χ0n) is 11.2. The molecule has 2 aromatic rings. The molecule has 1 aliphatic heterocycles. The second kappa shape index (κ2) is 5.48. The second-order valence-corrected chi connectivity index (χ2v) is 5.20. The van der Waals surface area contributed by atoms with Gasteiger partial charge in [-0.3, -0.25) is 0 Å². The topological polar surface area (TPSA) is 49.8 Å². The van der Waals surface area contributed by atoms with Gasteiger partial charge in [-0.05, 0) is 30.7 Å². The largest absolute Gasteiger partial charge is 0.393 e. The zero-order valence-corrected chi connectivity index (χ0v) is 11.2. The standard InChI is InChI=1S/C14H15F3N4/c15-14(16,17)6-9-1-2-12-11(5-9)13(20-8-19-12)21-10-3-4-18-7-10/h1-2,5,8,10,18H,3-4,6-7H2,(H,19,20,21)/t10-/m1/s1. The van der Waals surface area contributed by atoms with Crippen molar-refractivity contribution in [2.75, 3.05) is 18.4 Å². The summed E-state index contributed by atoms with van der Waals surface area (Å²) >= 11 is 0. The molecular formula is C14H15F3N4. The third-order valence-electron chi connectivity index (χ3n) is 3.51. The number of nitrogens with zero attached hydrogens (tertiary/aromatic N) is 2. The maximum absolute atomic E-state index is 12.5. The Morgan fingerprint density at radius 2 is 2.14 bits per heavy atom. The first-order valence-electron chi connectivity index (χ1n) is 6.79. The molecule has 0 aliphatic carbocycles. The van der Waals surface area contributed by atoms with Crippen LogP contribution in [-0.4, -0.2) is 35.3 Å². The number of hydrogen-bond acceptors (Lipinski definition) is 4. The predicted octanol–water partition coefficient (Wildman–Crippen LogP) is 2.51. The summed E-state index contributed by atoms with van der Waals surface area (Å²) in [6.45, 7) is 1.76. The monoisotopic (exact) mass is 296 g/mol. The third-order valence-corrected chi connectivity index (χ3v) is 3.51. The Morgan fingerprint density at radius 3 is 2.86 bits per heavy atom. The summed E-state index contributed by atoms with van der Waals surface area (Å²) < 4.78 is 37.5. The summed E-state index contributed by atoms with van der Waals surface area (Å²) in [6, 6.07) is 4.84. The van der Waals surface area contributed by atoms with Crippen molar-refractivity contribution in [2.24, 2.45) is 0 Å². The van der Waals surface area contributed by atoms with Gasteiger partial charge < -0.3 is 10.6 Å². The van der Waals surface area contributed by atoms with Crippen LogP contribution < -0.4 is 10.6 Å². The summed E-state index contributed by atoms with van der Waals surface area (Å²) in [5.41, 5.74) is 0.863. The van der Waals surface area contributed by atoms with Crippen molar-refractivity contribution in [1.29, 1.82) is 0 Å². The minimum atomic E-state index is -4.22.